The van der Waals surface area contributed by atoms with E-state index in [1.54, 1.807) is 31.3 Å². The monoisotopic (exact) mass is 311 g/mol. The molecule has 3 nitrogen and oxygen atoms in total. The molecular weight excluding hydrogens is 301 g/mol. The van der Waals surface area contributed by atoms with Crippen molar-refractivity contribution in [1.29, 1.82) is 0 Å². The smallest absolute Gasteiger partial charge is 0.355 e. The Hall–Kier alpha value is -1.62. The standard InChI is InChI=1S/C13H11BrFNO2/c1-2-18-13(17)12-9(5-6-16-12)10-7-8(14)3-4-11(10)15/h3-7,16H,2H2,1H3. The lowest BCUT2D eigenvalue weighted by Gasteiger charge is -2.06. The lowest BCUT2D eigenvalue weighted by Crippen LogP contribution is -2.06. The maximum Gasteiger partial charge on any atom is 0.355 e. The average Bonchev–Trinajstić information content (AvgIpc) is 2.81. The maximum absolute atomic E-state index is 13.8. The Morgan fingerprint density at radius 1 is 1.39 bits per heavy atom. The second-order valence-electron chi connectivity index (χ2n) is 3.61. The molecule has 1 aromatic heterocycles. The van der Waals surface area contributed by atoms with Gasteiger partial charge in [0.15, 0.2) is 0 Å². The van der Waals surface area contributed by atoms with Crippen molar-refractivity contribution < 1.29 is 13.9 Å². The van der Waals surface area contributed by atoms with Crippen LogP contribution in [-0.4, -0.2) is 17.6 Å². The number of hydrogen-bond acceptors (Lipinski definition) is 2. The summed E-state index contributed by atoms with van der Waals surface area (Å²) in [4.78, 5) is 14.5. The highest BCUT2D eigenvalue weighted by atomic mass is 79.9. The minimum Gasteiger partial charge on any atom is -0.461 e. The van der Waals surface area contributed by atoms with Gasteiger partial charge in [0.1, 0.15) is 11.5 Å². The zero-order valence-electron chi connectivity index (χ0n) is 9.67. The van der Waals surface area contributed by atoms with Gasteiger partial charge in [-0.2, -0.15) is 0 Å². The van der Waals surface area contributed by atoms with Crippen LogP contribution in [0.5, 0.6) is 0 Å². The number of aromatic nitrogens is 1. The van der Waals surface area contributed by atoms with Crippen molar-refractivity contribution in [3.8, 4) is 11.1 Å². The highest BCUT2D eigenvalue weighted by molar-refractivity contribution is 9.10. The van der Waals surface area contributed by atoms with E-state index in [0.717, 1.165) is 4.47 Å². The molecule has 0 aliphatic rings. The van der Waals surface area contributed by atoms with Crippen molar-refractivity contribution in [2.24, 2.45) is 0 Å². The number of H-pyrrole nitrogens is 1. The number of rotatable bonds is 3. The summed E-state index contributed by atoms with van der Waals surface area (Å²) in [5.41, 5.74) is 1.11. The third-order valence-electron chi connectivity index (χ3n) is 2.45. The summed E-state index contributed by atoms with van der Waals surface area (Å²) in [5.74, 6) is -0.875. The van der Waals surface area contributed by atoms with Gasteiger partial charge >= 0.3 is 5.97 Å². The maximum atomic E-state index is 13.8. The lowest BCUT2D eigenvalue weighted by molar-refractivity contribution is 0.0521. The molecular formula is C13H11BrFNO2. The fourth-order valence-electron chi connectivity index (χ4n) is 1.67. The highest BCUT2D eigenvalue weighted by Gasteiger charge is 2.17. The quantitative estimate of drug-likeness (QED) is 0.877. The third-order valence-corrected chi connectivity index (χ3v) is 2.94. The molecule has 2 aromatic rings. The molecule has 1 N–H and O–H groups in total. The number of nitrogens with one attached hydrogen (secondary N) is 1. The Morgan fingerprint density at radius 2 is 2.17 bits per heavy atom. The molecule has 0 aliphatic carbocycles. The normalized spacial score (nSPS) is 10.4. The zero-order valence-corrected chi connectivity index (χ0v) is 11.3. The van der Waals surface area contributed by atoms with Gasteiger partial charge in [0.05, 0.1) is 6.61 Å². The number of aromatic amines is 1. The molecule has 1 heterocycles. The fraction of sp³-hybridized carbons (Fsp3) is 0.154. The second-order valence-corrected chi connectivity index (χ2v) is 4.53. The van der Waals surface area contributed by atoms with Crippen molar-refractivity contribution in [3.63, 3.8) is 0 Å². The number of esters is 1. The Morgan fingerprint density at radius 3 is 2.89 bits per heavy atom. The van der Waals surface area contributed by atoms with Crippen molar-refractivity contribution >= 4 is 21.9 Å². The van der Waals surface area contributed by atoms with Crippen molar-refractivity contribution in [3.05, 3.63) is 46.4 Å². The summed E-state index contributed by atoms with van der Waals surface area (Å²) in [6.07, 6.45) is 1.59. The van der Waals surface area contributed by atoms with Crippen molar-refractivity contribution in [2.75, 3.05) is 6.61 Å². The first-order chi connectivity index (χ1) is 8.63. The number of carbonyl (C=O) groups is 1. The van der Waals surface area contributed by atoms with Crippen LogP contribution in [0.4, 0.5) is 4.39 Å². The van der Waals surface area contributed by atoms with Gasteiger partial charge in [-0.25, -0.2) is 9.18 Å². The molecule has 0 atom stereocenters. The predicted octanol–water partition coefficient (Wildman–Crippen LogP) is 3.76. The van der Waals surface area contributed by atoms with E-state index in [2.05, 4.69) is 20.9 Å². The summed E-state index contributed by atoms with van der Waals surface area (Å²) in [6.45, 7) is 2.00. The second kappa shape index (κ2) is 5.35. The van der Waals surface area contributed by atoms with Gasteiger partial charge in [0, 0.05) is 21.8 Å². The molecule has 0 aliphatic heterocycles. The van der Waals surface area contributed by atoms with E-state index in [4.69, 9.17) is 4.74 Å². The fourth-order valence-corrected chi connectivity index (χ4v) is 2.03. The topological polar surface area (TPSA) is 42.1 Å². The molecule has 0 unspecified atom stereocenters. The van der Waals surface area contributed by atoms with E-state index in [1.807, 2.05) is 0 Å². The van der Waals surface area contributed by atoms with E-state index < -0.39 is 5.97 Å². The molecule has 0 fully saturated rings. The van der Waals surface area contributed by atoms with Crippen LogP contribution in [0, 0.1) is 5.82 Å². The summed E-state index contributed by atoms with van der Waals surface area (Å²) in [7, 11) is 0. The Bertz CT molecular complexity index is 580. The van der Waals surface area contributed by atoms with Gasteiger partial charge in [0.2, 0.25) is 0 Å². The Balaban J connectivity index is 2.48. The van der Waals surface area contributed by atoms with Gasteiger partial charge in [-0.05, 0) is 31.2 Å². The lowest BCUT2D eigenvalue weighted by atomic mass is 10.1. The molecule has 0 radical (unpaired) electrons. The van der Waals surface area contributed by atoms with Crippen LogP contribution in [0.2, 0.25) is 0 Å². The largest absolute Gasteiger partial charge is 0.461 e. The van der Waals surface area contributed by atoms with Gasteiger partial charge in [-0.15, -0.1) is 0 Å². The molecule has 1 aromatic carbocycles. The molecule has 0 bridgehead atoms. The van der Waals surface area contributed by atoms with Crippen LogP contribution in [0.25, 0.3) is 11.1 Å². The number of ether oxygens (including phenoxy) is 1. The molecule has 2 rings (SSSR count). The van der Waals surface area contributed by atoms with Crippen molar-refractivity contribution in [2.45, 2.75) is 6.92 Å². The van der Waals surface area contributed by atoms with E-state index in [9.17, 15) is 9.18 Å². The van der Waals surface area contributed by atoms with E-state index in [1.165, 1.54) is 6.07 Å². The number of benzene rings is 1. The molecule has 5 heteroatoms. The summed E-state index contributed by atoms with van der Waals surface area (Å²) < 4.78 is 19.4. The molecule has 0 spiro atoms. The molecule has 18 heavy (non-hydrogen) atoms. The van der Waals surface area contributed by atoms with E-state index in [0.29, 0.717) is 11.1 Å². The average molecular weight is 312 g/mol. The first-order valence-electron chi connectivity index (χ1n) is 5.43. The molecule has 0 saturated heterocycles. The number of carbonyl (C=O) groups excluding carboxylic acids is 1. The molecule has 0 saturated carbocycles. The van der Waals surface area contributed by atoms with E-state index >= 15 is 0 Å². The van der Waals surface area contributed by atoms with Crippen LogP contribution < -0.4 is 0 Å². The molecule has 0 amide bonds. The number of halogens is 2. The SMILES string of the molecule is CCOC(=O)c1[nH]ccc1-c1cc(Br)ccc1F. The number of hydrogen-bond donors (Lipinski definition) is 1. The van der Waals surface area contributed by atoms with Gasteiger partial charge in [-0.3, -0.25) is 0 Å². The minimum absolute atomic E-state index is 0.258. The van der Waals surface area contributed by atoms with Gasteiger partial charge in [0.25, 0.3) is 0 Å². The summed E-state index contributed by atoms with van der Waals surface area (Å²) in [6, 6.07) is 6.23. The predicted molar refractivity (Wildman–Crippen MR) is 69.8 cm³/mol. The molecule has 94 valence electrons. The van der Waals surface area contributed by atoms with Crippen LogP contribution >= 0.6 is 15.9 Å². The summed E-state index contributed by atoms with van der Waals surface area (Å²) >= 11 is 3.28. The zero-order chi connectivity index (χ0) is 13.1. The Kier molecular flexibility index (Phi) is 3.81. The third kappa shape index (κ3) is 2.46. The van der Waals surface area contributed by atoms with E-state index in [-0.39, 0.29) is 18.1 Å². The highest BCUT2D eigenvalue weighted by Crippen LogP contribution is 2.29. The first-order valence-corrected chi connectivity index (χ1v) is 6.22. The van der Waals surface area contributed by atoms with Crippen LogP contribution in [0.1, 0.15) is 17.4 Å². The van der Waals surface area contributed by atoms with Gasteiger partial charge in [-0.1, -0.05) is 15.9 Å². The van der Waals surface area contributed by atoms with Gasteiger partial charge < -0.3 is 9.72 Å². The minimum atomic E-state index is -0.489. The Labute approximate surface area is 112 Å². The summed E-state index contributed by atoms with van der Waals surface area (Å²) in [5, 5.41) is 0. The van der Waals surface area contributed by atoms with Crippen LogP contribution in [0.3, 0.4) is 0 Å². The van der Waals surface area contributed by atoms with Crippen LogP contribution in [-0.2, 0) is 4.74 Å². The van der Waals surface area contributed by atoms with Crippen molar-refractivity contribution in [1.82, 2.24) is 4.98 Å². The first kappa shape index (κ1) is 12.8. The van der Waals surface area contributed by atoms with Crippen LogP contribution in [0.15, 0.2) is 34.9 Å².